The number of benzene rings is 1. The highest BCUT2D eigenvalue weighted by Crippen LogP contribution is 2.37. The molecule has 0 atom stereocenters. The third-order valence-corrected chi connectivity index (χ3v) is 3.74. The number of halogens is 3. The molecule has 0 bridgehead atoms. The Kier molecular flexibility index (Phi) is 5.00. The van der Waals surface area contributed by atoms with Crippen molar-refractivity contribution in [3.8, 4) is 11.3 Å². The largest absolute Gasteiger partial charge is 0.417 e. The quantitative estimate of drug-likeness (QED) is 0.874. The Morgan fingerprint density at radius 3 is 2.62 bits per heavy atom. The summed E-state index contributed by atoms with van der Waals surface area (Å²) in [6.45, 7) is 5.63. The van der Waals surface area contributed by atoms with Gasteiger partial charge in [0.05, 0.1) is 11.3 Å². The van der Waals surface area contributed by atoms with Gasteiger partial charge in [0.15, 0.2) is 0 Å². The van der Waals surface area contributed by atoms with Crippen molar-refractivity contribution in [2.45, 2.75) is 26.6 Å². The molecule has 2 nitrogen and oxygen atoms in total. The first kappa shape index (κ1) is 16.0. The van der Waals surface area contributed by atoms with Crippen LogP contribution in [0.25, 0.3) is 11.3 Å². The van der Waals surface area contributed by atoms with E-state index in [1.165, 1.54) is 23.5 Å². The first-order chi connectivity index (χ1) is 9.88. The van der Waals surface area contributed by atoms with Crippen LogP contribution in [0, 0.1) is 5.92 Å². The molecule has 1 aromatic heterocycles. The molecule has 0 aliphatic heterocycles. The average Bonchev–Trinajstić information content (AvgIpc) is 2.86. The Hall–Kier alpha value is -1.40. The molecule has 2 aromatic rings. The summed E-state index contributed by atoms with van der Waals surface area (Å²) in [6, 6.07) is 5.54. The van der Waals surface area contributed by atoms with Gasteiger partial charge in [-0.1, -0.05) is 32.0 Å². The minimum atomic E-state index is -4.36. The van der Waals surface area contributed by atoms with Gasteiger partial charge in [-0.2, -0.15) is 13.2 Å². The number of hydrogen-bond acceptors (Lipinski definition) is 3. The molecule has 0 amide bonds. The molecule has 0 fully saturated rings. The summed E-state index contributed by atoms with van der Waals surface area (Å²) >= 11 is 1.37. The highest BCUT2D eigenvalue weighted by Gasteiger charge is 2.33. The maximum Gasteiger partial charge on any atom is 0.417 e. The summed E-state index contributed by atoms with van der Waals surface area (Å²) in [5, 5.41) is 5.71. The third-order valence-electron chi connectivity index (χ3n) is 2.89. The summed E-state index contributed by atoms with van der Waals surface area (Å²) in [7, 11) is 0. The molecule has 1 aromatic carbocycles. The number of aromatic nitrogens is 1. The van der Waals surface area contributed by atoms with Gasteiger partial charge in [-0.25, -0.2) is 4.98 Å². The molecule has 21 heavy (non-hydrogen) atoms. The molecule has 0 radical (unpaired) electrons. The van der Waals surface area contributed by atoms with Crippen molar-refractivity contribution < 1.29 is 13.2 Å². The summed E-state index contributed by atoms with van der Waals surface area (Å²) in [5.74, 6) is 0.524. The maximum atomic E-state index is 13.0. The van der Waals surface area contributed by atoms with E-state index < -0.39 is 11.7 Å². The van der Waals surface area contributed by atoms with Gasteiger partial charge in [0.2, 0.25) is 0 Å². The fraction of sp³-hybridized carbons (Fsp3) is 0.400. The van der Waals surface area contributed by atoms with Gasteiger partial charge in [0, 0.05) is 17.5 Å². The SMILES string of the molecule is CC(C)CNCc1nc(-c2ccccc2C(F)(F)F)cs1. The summed E-state index contributed by atoms with van der Waals surface area (Å²) in [6.07, 6.45) is -4.36. The molecule has 0 unspecified atom stereocenters. The first-order valence-electron chi connectivity index (χ1n) is 6.69. The van der Waals surface area contributed by atoms with Gasteiger partial charge in [-0.3, -0.25) is 0 Å². The maximum absolute atomic E-state index is 13.0. The van der Waals surface area contributed by atoms with E-state index in [1.807, 2.05) is 0 Å². The molecule has 0 aliphatic carbocycles. The molecular weight excluding hydrogens is 297 g/mol. The summed E-state index contributed by atoms with van der Waals surface area (Å²) < 4.78 is 39.0. The monoisotopic (exact) mass is 314 g/mol. The van der Waals surface area contributed by atoms with Gasteiger partial charge >= 0.3 is 6.18 Å². The van der Waals surface area contributed by atoms with Gasteiger partial charge in [0.25, 0.3) is 0 Å². The highest BCUT2D eigenvalue weighted by molar-refractivity contribution is 7.09. The first-order valence-corrected chi connectivity index (χ1v) is 7.57. The van der Waals surface area contributed by atoms with Crippen molar-refractivity contribution in [2.24, 2.45) is 5.92 Å². The van der Waals surface area contributed by atoms with Crippen LogP contribution in [-0.2, 0) is 12.7 Å². The average molecular weight is 314 g/mol. The Labute approximate surface area is 126 Å². The van der Waals surface area contributed by atoms with Crippen molar-refractivity contribution in [1.29, 1.82) is 0 Å². The van der Waals surface area contributed by atoms with Gasteiger partial charge in [-0.05, 0) is 18.5 Å². The van der Waals surface area contributed by atoms with Crippen LogP contribution in [0.5, 0.6) is 0 Å². The van der Waals surface area contributed by atoms with Crippen molar-refractivity contribution in [1.82, 2.24) is 10.3 Å². The van der Waals surface area contributed by atoms with Crippen molar-refractivity contribution in [2.75, 3.05) is 6.54 Å². The lowest BCUT2D eigenvalue weighted by atomic mass is 10.1. The lowest BCUT2D eigenvalue weighted by Crippen LogP contribution is -2.18. The van der Waals surface area contributed by atoms with E-state index in [9.17, 15) is 13.2 Å². The molecule has 1 N–H and O–H groups in total. The normalized spacial score (nSPS) is 12.1. The van der Waals surface area contributed by atoms with Crippen LogP contribution in [0.2, 0.25) is 0 Å². The predicted molar refractivity (Wildman–Crippen MR) is 79.1 cm³/mol. The van der Waals surface area contributed by atoms with Crippen molar-refractivity contribution in [3.05, 3.63) is 40.2 Å². The lowest BCUT2D eigenvalue weighted by molar-refractivity contribution is -0.137. The highest BCUT2D eigenvalue weighted by atomic mass is 32.1. The van der Waals surface area contributed by atoms with E-state index in [0.29, 0.717) is 18.2 Å². The number of alkyl halides is 3. The topological polar surface area (TPSA) is 24.9 Å². The van der Waals surface area contributed by atoms with E-state index in [1.54, 1.807) is 11.4 Å². The van der Waals surface area contributed by atoms with Crippen LogP contribution in [0.4, 0.5) is 13.2 Å². The second-order valence-corrected chi connectivity index (χ2v) is 6.14. The van der Waals surface area contributed by atoms with Crippen LogP contribution in [0.1, 0.15) is 24.4 Å². The Balaban J connectivity index is 2.18. The second kappa shape index (κ2) is 6.58. The van der Waals surface area contributed by atoms with E-state index >= 15 is 0 Å². The summed E-state index contributed by atoms with van der Waals surface area (Å²) in [4.78, 5) is 4.31. The van der Waals surface area contributed by atoms with Crippen LogP contribution < -0.4 is 5.32 Å². The zero-order valence-corrected chi connectivity index (χ0v) is 12.7. The third kappa shape index (κ3) is 4.28. The van der Waals surface area contributed by atoms with E-state index in [2.05, 4.69) is 24.1 Å². The molecule has 2 rings (SSSR count). The van der Waals surface area contributed by atoms with Crippen LogP contribution >= 0.6 is 11.3 Å². The zero-order valence-electron chi connectivity index (χ0n) is 11.9. The number of rotatable bonds is 5. The molecular formula is C15H17F3N2S. The molecule has 114 valence electrons. The van der Waals surface area contributed by atoms with Gasteiger partial charge < -0.3 is 5.32 Å². The van der Waals surface area contributed by atoms with Crippen LogP contribution in [-0.4, -0.2) is 11.5 Å². The Morgan fingerprint density at radius 2 is 1.95 bits per heavy atom. The number of nitrogens with one attached hydrogen (secondary N) is 1. The van der Waals surface area contributed by atoms with Crippen molar-refractivity contribution >= 4 is 11.3 Å². The van der Waals surface area contributed by atoms with Gasteiger partial charge in [0.1, 0.15) is 5.01 Å². The molecule has 0 aliphatic rings. The van der Waals surface area contributed by atoms with E-state index in [4.69, 9.17) is 0 Å². The molecule has 0 spiro atoms. The van der Waals surface area contributed by atoms with Crippen LogP contribution in [0.3, 0.4) is 0 Å². The Morgan fingerprint density at radius 1 is 1.24 bits per heavy atom. The fourth-order valence-electron chi connectivity index (χ4n) is 1.94. The molecule has 1 heterocycles. The zero-order chi connectivity index (χ0) is 15.5. The number of nitrogens with zero attached hydrogens (tertiary/aromatic N) is 1. The lowest BCUT2D eigenvalue weighted by Gasteiger charge is -2.10. The smallest absolute Gasteiger partial charge is 0.310 e. The summed E-state index contributed by atoms with van der Waals surface area (Å²) in [5.41, 5.74) is -0.123. The van der Waals surface area contributed by atoms with E-state index in [-0.39, 0.29) is 5.56 Å². The van der Waals surface area contributed by atoms with Crippen molar-refractivity contribution in [3.63, 3.8) is 0 Å². The second-order valence-electron chi connectivity index (χ2n) is 5.19. The van der Waals surface area contributed by atoms with Gasteiger partial charge in [-0.15, -0.1) is 11.3 Å². The number of hydrogen-bond donors (Lipinski definition) is 1. The standard InChI is InChI=1S/C15H17F3N2S/c1-10(2)7-19-8-14-20-13(9-21-14)11-5-3-4-6-12(11)15(16,17)18/h3-6,9-10,19H,7-8H2,1-2H3. The van der Waals surface area contributed by atoms with Crippen LogP contribution in [0.15, 0.2) is 29.6 Å². The molecule has 6 heteroatoms. The predicted octanol–water partition coefficient (Wildman–Crippen LogP) is 4.57. The fourth-order valence-corrected chi connectivity index (χ4v) is 2.70. The minimum absolute atomic E-state index is 0.136. The molecule has 0 saturated carbocycles. The van der Waals surface area contributed by atoms with E-state index in [0.717, 1.165) is 17.6 Å². The minimum Gasteiger partial charge on any atom is -0.310 e. The molecule has 0 saturated heterocycles. The number of thiazole rings is 1. The Bertz CT molecular complexity index is 591.